The van der Waals surface area contributed by atoms with Gasteiger partial charge in [0, 0.05) is 11.7 Å². The second kappa shape index (κ2) is 7.50. The molecule has 1 aromatic rings. The summed E-state index contributed by atoms with van der Waals surface area (Å²) in [5.74, 6) is 0.853. The van der Waals surface area contributed by atoms with Gasteiger partial charge in [0.15, 0.2) is 0 Å². The number of ether oxygens (including phenoxy) is 1. The summed E-state index contributed by atoms with van der Waals surface area (Å²) >= 11 is 0. The predicted molar refractivity (Wildman–Crippen MR) is 82.9 cm³/mol. The van der Waals surface area contributed by atoms with E-state index in [0.29, 0.717) is 24.7 Å². The number of aryl methyl sites for hydroxylation is 1. The van der Waals surface area contributed by atoms with E-state index < -0.39 is 10.0 Å². The van der Waals surface area contributed by atoms with Crippen LogP contribution in [0.4, 0.5) is 5.69 Å². The first-order valence-electron chi connectivity index (χ1n) is 6.72. The average Bonchev–Trinajstić information content (AvgIpc) is 2.34. The highest BCUT2D eigenvalue weighted by molar-refractivity contribution is 7.92. The number of sulfonamides is 1. The molecule has 0 heterocycles. The van der Waals surface area contributed by atoms with E-state index in [0.717, 1.165) is 11.3 Å². The lowest BCUT2D eigenvalue weighted by Gasteiger charge is -2.11. The van der Waals surface area contributed by atoms with Gasteiger partial charge in [-0.05, 0) is 43.7 Å². The van der Waals surface area contributed by atoms with Crippen molar-refractivity contribution in [3.8, 4) is 5.75 Å². The summed E-state index contributed by atoms with van der Waals surface area (Å²) in [5, 5.41) is 3.20. The number of anilines is 1. The van der Waals surface area contributed by atoms with Crippen LogP contribution in [0, 0.1) is 6.92 Å². The van der Waals surface area contributed by atoms with Crippen LogP contribution in [0.1, 0.15) is 25.8 Å². The topological polar surface area (TPSA) is 67.4 Å². The van der Waals surface area contributed by atoms with E-state index in [-0.39, 0.29) is 5.75 Å². The summed E-state index contributed by atoms with van der Waals surface area (Å²) in [6, 6.07) is 5.60. The molecule has 0 aliphatic heterocycles. The van der Waals surface area contributed by atoms with Crippen LogP contribution in [0.2, 0.25) is 0 Å². The first-order valence-corrected chi connectivity index (χ1v) is 8.38. The highest BCUT2D eigenvalue weighted by Gasteiger charge is 2.11. The molecule has 114 valence electrons. The molecule has 5 nitrogen and oxygen atoms in total. The maximum atomic E-state index is 11.9. The zero-order valence-electron chi connectivity index (χ0n) is 12.6. The van der Waals surface area contributed by atoms with Gasteiger partial charge in [0.1, 0.15) is 5.75 Å². The van der Waals surface area contributed by atoms with Gasteiger partial charge < -0.3 is 10.1 Å². The highest BCUT2D eigenvalue weighted by atomic mass is 32.2. The standard InChI is InChI=1S/C14H24N2O3S/c1-11(2)15-8-5-9-20(17,18)16-13-6-7-14(19-4)12(3)10-13/h6-7,10-11,15-16H,5,8-9H2,1-4H3. The molecule has 2 N–H and O–H groups in total. The van der Waals surface area contributed by atoms with Crippen LogP contribution in [0.15, 0.2) is 18.2 Å². The third-order valence-electron chi connectivity index (χ3n) is 2.81. The number of nitrogens with one attached hydrogen (secondary N) is 2. The molecule has 0 bridgehead atoms. The summed E-state index contributed by atoms with van der Waals surface area (Å²) in [4.78, 5) is 0. The molecule has 0 aliphatic carbocycles. The minimum Gasteiger partial charge on any atom is -0.496 e. The Labute approximate surface area is 121 Å². The molecule has 0 saturated carbocycles. The minimum atomic E-state index is -3.30. The quantitative estimate of drug-likeness (QED) is 0.722. The molecule has 1 aromatic carbocycles. The first kappa shape index (κ1) is 16.8. The first-order chi connectivity index (χ1) is 9.34. The van der Waals surface area contributed by atoms with Gasteiger partial charge >= 0.3 is 0 Å². The van der Waals surface area contributed by atoms with Gasteiger partial charge in [0.2, 0.25) is 10.0 Å². The fraction of sp³-hybridized carbons (Fsp3) is 0.571. The van der Waals surface area contributed by atoms with E-state index in [9.17, 15) is 8.42 Å². The van der Waals surface area contributed by atoms with Crippen molar-refractivity contribution in [2.75, 3.05) is 24.1 Å². The van der Waals surface area contributed by atoms with E-state index in [1.807, 2.05) is 20.8 Å². The minimum absolute atomic E-state index is 0.109. The van der Waals surface area contributed by atoms with Crippen LogP contribution in [0.25, 0.3) is 0 Å². The van der Waals surface area contributed by atoms with Crippen LogP contribution < -0.4 is 14.8 Å². The van der Waals surface area contributed by atoms with Crippen LogP contribution in [0.5, 0.6) is 5.75 Å². The Bertz CT molecular complexity index is 527. The van der Waals surface area contributed by atoms with Crippen molar-refractivity contribution in [3.05, 3.63) is 23.8 Å². The molecule has 6 heteroatoms. The van der Waals surface area contributed by atoms with Crippen molar-refractivity contribution in [2.45, 2.75) is 33.2 Å². The molecule has 0 atom stereocenters. The third kappa shape index (κ3) is 5.79. The zero-order valence-corrected chi connectivity index (χ0v) is 13.4. The molecule has 0 aromatic heterocycles. The number of benzene rings is 1. The second-order valence-corrected chi connectivity index (χ2v) is 6.91. The van der Waals surface area contributed by atoms with Gasteiger partial charge in [-0.2, -0.15) is 0 Å². The lowest BCUT2D eigenvalue weighted by Crippen LogP contribution is -2.26. The molecule has 1 rings (SSSR count). The smallest absolute Gasteiger partial charge is 0.232 e. The Hall–Kier alpha value is -1.27. The third-order valence-corrected chi connectivity index (χ3v) is 4.18. The molecule has 0 fully saturated rings. The van der Waals surface area contributed by atoms with Gasteiger partial charge in [-0.1, -0.05) is 13.8 Å². The predicted octanol–water partition coefficient (Wildman–Crippen LogP) is 2.13. The van der Waals surface area contributed by atoms with Crippen LogP contribution in [-0.4, -0.2) is 33.9 Å². The average molecular weight is 300 g/mol. The monoisotopic (exact) mass is 300 g/mol. The number of hydrogen-bond acceptors (Lipinski definition) is 4. The number of methoxy groups -OCH3 is 1. The van der Waals surface area contributed by atoms with Crippen LogP contribution >= 0.6 is 0 Å². The van der Waals surface area contributed by atoms with Crippen molar-refractivity contribution in [3.63, 3.8) is 0 Å². The molecule has 0 spiro atoms. The van der Waals surface area contributed by atoms with E-state index in [2.05, 4.69) is 10.0 Å². The molecule has 0 radical (unpaired) electrons. The molecule has 0 aliphatic rings. The summed E-state index contributed by atoms with van der Waals surface area (Å²) < 4.78 is 31.6. The molecular formula is C14H24N2O3S. The van der Waals surface area contributed by atoms with Gasteiger partial charge in [-0.3, -0.25) is 4.72 Å². The van der Waals surface area contributed by atoms with Gasteiger partial charge in [0.05, 0.1) is 12.9 Å². The number of rotatable bonds is 8. The Morgan fingerprint density at radius 2 is 2.00 bits per heavy atom. The Balaban J connectivity index is 2.55. The summed E-state index contributed by atoms with van der Waals surface area (Å²) in [7, 11) is -1.71. The van der Waals surface area contributed by atoms with Crippen molar-refractivity contribution in [1.82, 2.24) is 5.32 Å². The van der Waals surface area contributed by atoms with Crippen LogP contribution in [-0.2, 0) is 10.0 Å². The van der Waals surface area contributed by atoms with Gasteiger partial charge in [-0.15, -0.1) is 0 Å². The maximum Gasteiger partial charge on any atom is 0.232 e. The van der Waals surface area contributed by atoms with E-state index >= 15 is 0 Å². The highest BCUT2D eigenvalue weighted by Crippen LogP contribution is 2.22. The Kier molecular flexibility index (Phi) is 6.29. The normalized spacial score (nSPS) is 11.7. The summed E-state index contributed by atoms with van der Waals surface area (Å²) in [5.41, 5.74) is 1.47. The molecule has 0 unspecified atom stereocenters. The van der Waals surface area contributed by atoms with Crippen molar-refractivity contribution in [1.29, 1.82) is 0 Å². The number of hydrogen-bond donors (Lipinski definition) is 2. The SMILES string of the molecule is COc1ccc(NS(=O)(=O)CCCNC(C)C)cc1C. The molecule has 0 amide bonds. The summed E-state index contributed by atoms with van der Waals surface area (Å²) in [6.07, 6.45) is 0.586. The van der Waals surface area contributed by atoms with Crippen molar-refractivity contribution in [2.24, 2.45) is 0 Å². The van der Waals surface area contributed by atoms with E-state index in [1.165, 1.54) is 0 Å². The largest absolute Gasteiger partial charge is 0.496 e. The lowest BCUT2D eigenvalue weighted by molar-refractivity contribution is 0.412. The molecule has 0 saturated heterocycles. The maximum absolute atomic E-state index is 11.9. The lowest BCUT2D eigenvalue weighted by atomic mass is 10.2. The van der Waals surface area contributed by atoms with Gasteiger partial charge in [-0.25, -0.2) is 8.42 Å². The van der Waals surface area contributed by atoms with Crippen LogP contribution in [0.3, 0.4) is 0 Å². The molecular weight excluding hydrogens is 276 g/mol. The Morgan fingerprint density at radius 1 is 1.30 bits per heavy atom. The Morgan fingerprint density at radius 3 is 2.55 bits per heavy atom. The van der Waals surface area contributed by atoms with E-state index in [4.69, 9.17) is 4.74 Å². The fourth-order valence-corrected chi connectivity index (χ4v) is 2.94. The van der Waals surface area contributed by atoms with E-state index in [1.54, 1.807) is 25.3 Å². The second-order valence-electron chi connectivity index (χ2n) is 5.07. The van der Waals surface area contributed by atoms with Crippen molar-refractivity contribution >= 4 is 15.7 Å². The zero-order chi connectivity index (χ0) is 15.2. The van der Waals surface area contributed by atoms with Gasteiger partial charge in [0.25, 0.3) is 0 Å². The summed E-state index contributed by atoms with van der Waals surface area (Å²) in [6.45, 7) is 6.64. The fourth-order valence-electron chi connectivity index (χ4n) is 1.83. The molecule has 20 heavy (non-hydrogen) atoms. The van der Waals surface area contributed by atoms with Crippen molar-refractivity contribution < 1.29 is 13.2 Å².